The summed E-state index contributed by atoms with van der Waals surface area (Å²) in [6, 6.07) is 6.93. The van der Waals surface area contributed by atoms with Crippen LogP contribution in [0.25, 0.3) is 11.6 Å². The third kappa shape index (κ3) is 3.14. The highest BCUT2D eigenvalue weighted by molar-refractivity contribution is 7.08. The van der Waals surface area contributed by atoms with Gasteiger partial charge < -0.3 is 4.98 Å². The van der Waals surface area contributed by atoms with Gasteiger partial charge in [0.15, 0.2) is 5.78 Å². The molecule has 0 aliphatic carbocycles. The summed E-state index contributed by atoms with van der Waals surface area (Å²) in [5.74, 6) is 0.393. The number of benzene rings is 1. The molecule has 0 saturated heterocycles. The van der Waals surface area contributed by atoms with E-state index in [9.17, 15) is 4.79 Å². The Morgan fingerprint density at radius 2 is 2.14 bits per heavy atom. The van der Waals surface area contributed by atoms with Crippen LogP contribution in [0.4, 0.5) is 0 Å². The van der Waals surface area contributed by atoms with Crippen LogP contribution in [0, 0.1) is 0 Å². The molecule has 0 atom stereocenters. The third-order valence-corrected chi connectivity index (χ3v) is 4.29. The summed E-state index contributed by atoms with van der Waals surface area (Å²) in [6.07, 6.45) is 5.00. The van der Waals surface area contributed by atoms with E-state index in [1.165, 1.54) is 11.3 Å². The van der Waals surface area contributed by atoms with E-state index in [0.29, 0.717) is 32.6 Å². The Bertz CT molecular complexity index is 824. The van der Waals surface area contributed by atoms with Crippen LogP contribution < -0.4 is 0 Å². The number of imidazole rings is 1. The second-order valence-corrected chi connectivity index (χ2v) is 6.13. The van der Waals surface area contributed by atoms with Crippen LogP contribution in [-0.2, 0) is 0 Å². The molecule has 1 N–H and O–H groups in total. The van der Waals surface area contributed by atoms with E-state index in [1.807, 2.05) is 10.8 Å². The molecule has 1 aromatic carbocycles. The first-order valence-corrected chi connectivity index (χ1v) is 8.08. The molecular weight excluding hydrogens is 339 g/mol. The van der Waals surface area contributed by atoms with Gasteiger partial charge in [0.05, 0.1) is 5.57 Å². The highest BCUT2D eigenvalue weighted by Gasteiger charge is 2.17. The van der Waals surface area contributed by atoms with Crippen LogP contribution in [0.1, 0.15) is 21.7 Å². The molecule has 6 heteroatoms. The molecule has 3 nitrogen and oxygen atoms in total. The van der Waals surface area contributed by atoms with Crippen molar-refractivity contribution in [1.29, 1.82) is 0 Å². The molecule has 3 aromatic rings. The lowest BCUT2D eigenvalue weighted by atomic mass is 10.0. The van der Waals surface area contributed by atoms with Gasteiger partial charge in [-0.1, -0.05) is 29.3 Å². The lowest BCUT2D eigenvalue weighted by molar-refractivity contribution is 0.105. The molecule has 0 aliphatic rings. The minimum atomic E-state index is -0.109. The van der Waals surface area contributed by atoms with Crippen molar-refractivity contribution in [2.75, 3.05) is 0 Å². The van der Waals surface area contributed by atoms with Crippen molar-refractivity contribution >= 4 is 52.0 Å². The Hall–Kier alpha value is -1.88. The van der Waals surface area contributed by atoms with E-state index >= 15 is 0 Å². The number of carbonyl (C=O) groups excluding carboxylic acids is 1. The van der Waals surface area contributed by atoms with Gasteiger partial charge in [-0.15, -0.1) is 0 Å². The maximum absolute atomic E-state index is 12.7. The zero-order valence-electron chi connectivity index (χ0n) is 11.2. The van der Waals surface area contributed by atoms with E-state index in [0.717, 1.165) is 0 Å². The van der Waals surface area contributed by atoms with Crippen LogP contribution in [0.5, 0.6) is 0 Å². The fourth-order valence-electron chi connectivity index (χ4n) is 1.98. The fraction of sp³-hybridized carbons (Fsp3) is 0. The minimum Gasteiger partial charge on any atom is -0.345 e. The van der Waals surface area contributed by atoms with Gasteiger partial charge in [0.2, 0.25) is 0 Å². The average Bonchev–Trinajstić information content (AvgIpc) is 3.19. The van der Waals surface area contributed by atoms with E-state index in [4.69, 9.17) is 23.2 Å². The quantitative estimate of drug-likeness (QED) is 0.520. The minimum absolute atomic E-state index is 0.109. The van der Waals surface area contributed by atoms with Crippen molar-refractivity contribution in [2.45, 2.75) is 0 Å². The Morgan fingerprint density at radius 3 is 2.77 bits per heavy atom. The van der Waals surface area contributed by atoms with Crippen LogP contribution in [0.3, 0.4) is 0 Å². The summed E-state index contributed by atoms with van der Waals surface area (Å²) in [5.41, 5.74) is 1.78. The zero-order valence-corrected chi connectivity index (χ0v) is 13.5. The number of hydrogen-bond donors (Lipinski definition) is 1. The molecule has 0 unspecified atom stereocenters. The predicted octanol–water partition coefficient (Wildman–Crippen LogP) is 5.20. The summed E-state index contributed by atoms with van der Waals surface area (Å²) >= 11 is 13.6. The van der Waals surface area contributed by atoms with Crippen molar-refractivity contribution in [3.8, 4) is 0 Å². The number of carbonyl (C=O) groups is 1. The Morgan fingerprint density at radius 1 is 1.27 bits per heavy atom. The largest absolute Gasteiger partial charge is 0.345 e. The first-order valence-electron chi connectivity index (χ1n) is 6.38. The zero-order chi connectivity index (χ0) is 15.5. The topological polar surface area (TPSA) is 45.8 Å². The van der Waals surface area contributed by atoms with Crippen LogP contribution >= 0.6 is 34.5 Å². The normalized spacial score (nSPS) is 11.6. The molecule has 0 aliphatic heterocycles. The van der Waals surface area contributed by atoms with Gasteiger partial charge in [-0.25, -0.2) is 4.98 Å². The number of aromatic nitrogens is 2. The van der Waals surface area contributed by atoms with E-state index in [-0.39, 0.29) is 5.78 Å². The lowest BCUT2D eigenvalue weighted by Gasteiger charge is -2.05. The number of thiophene rings is 1. The summed E-state index contributed by atoms with van der Waals surface area (Å²) in [4.78, 5) is 19.8. The van der Waals surface area contributed by atoms with Gasteiger partial charge in [0.25, 0.3) is 0 Å². The van der Waals surface area contributed by atoms with Crippen molar-refractivity contribution < 1.29 is 4.79 Å². The molecule has 0 saturated carbocycles. The molecule has 0 spiro atoms. The molecular formula is C16H10Cl2N2OS. The third-order valence-electron chi connectivity index (χ3n) is 3.04. The number of Topliss-reactive ketones (excluding diaryl/α,β-unsaturated/α-hetero) is 1. The molecule has 0 amide bonds. The van der Waals surface area contributed by atoms with Crippen molar-refractivity contribution in [3.63, 3.8) is 0 Å². The van der Waals surface area contributed by atoms with Gasteiger partial charge in [0.1, 0.15) is 5.82 Å². The number of nitrogens with zero attached hydrogens (tertiary/aromatic N) is 1. The molecule has 110 valence electrons. The van der Waals surface area contributed by atoms with Crippen LogP contribution in [0.2, 0.25) is 10.0 Å². The van der Waals surface area contributed by atoms with Gasteiger partial charge >= 0.3 is 0 Å². The molecule has 3 rings (SSSR count). The van der Waals surface area contributed by atoms with Gasteiger partial charge in [-0.05, 0) is 35.2 Å². The summed E-state index contributed by atoms with van der Waals surface area (Å²) < 4.78 is 0. The number of halogens is 2. The predicted molar refractivity (Wildman–Crippen MR) is 91.6 cm³/mol. The Balaban J connectivity index is 2.09. The first-order chi connectivity index (χ1) is 10.6. The van der Waals surface area contributed by atoms with Gasteiger partial charge in [-0.3, -0.25) is 4.79 Å². The number of H-pyrrole nitrogens is 1. The summed E-state index contributed by atoms with van der Waals surface area (Å²) in [5, 5.41) is 4.70. The van der Waals surface area contributed by atoms with E-state index in [2.05, 4.69) is 9.97 Å². The van der Waals surface area contributed by atoms with Crippen LogP contribution in [-0.4, -0.2) is 15.8 Å². The monoisotopic (exact) mass is 348 g/mol. The molecule has 0 radical (unpaired) electrons. The Labute approximate surface area is 141 Å². The smallest absolute Gasteiger partial charge is 0.197 e. The van der Waals surface area contributed by atoms with E-state index < -0.39 is 0 Å². The summed E-state index contributed by atoms with van der Waals surface area (Å²) in [7, 11) is 0. The average molecular weight is 349 g/mol. The van der Waals surface area contributed by atoms with E-state index in [1.54, 1.807) is 42.7 Å². The SMILES string of the molecule is O=C(C(=Cc1ccc(Cl)cc1Cl)c1ncc[nH]1)c1ccsc1. The fourth-order valence-corrected chi connectivity index (χ4v) is 3.08. The number of nitrogens with one attached hydrogen (secondary N) is 1. The maximum atomic E-state index is 12.7. The van der Waals surface area contributed by atoms with Crippen LogP contribution in [0.15, 0.2) is 47.4 Å². The molecule has 2 heterocycles. The molecule has 2 aromatic heterocycles. The number of allylic oxidation sites excluding steroid dienone is 1. The number of rotatable bonds is 4. The molecule has 0 bridgehead atoms. The maximum Gasteiger partial charge on any atom is 0.197 e. The first kappa shape index (κ1) is 15.0. The second kappa shape index (κ2) is 6.48. The summed E-state index contributed by atoms with van der Waals surface area (Å²) in [6.45, 7) is 0. The van der Waals surface area contributed by atoms with Crippen molar-refractivity contribution in [3.05, 3.63) is 74.4 Å². The highest BCUT2D eigenvalue weighted by atomic mass is 35.5. The van der Waals surface area contributed by atoms with Crippen molar-refractivity contribution in [2.24, 2.45) is 0 Å². The number of aromatic amines is 1. The van der Waals surface area contributed by atoms with Gasteiger partial charge in [0, 0.05) is 33.4 Å². The van der Waals surface area contributed by atoms with Crippen molar-refractivity contribution in [1.82, 2.24) is 9.97 Å². The number of ketones is 1. The lowest BCUT2D eigenvalue weighted by Crippen LogP contribution is -2.03. The second-order valence-electron chi connectivity index (χ2n) is 4.50. The molecule has 22 heavy (non-hydrogen) atoms. The highest BCUT2D eigenvalue weighted by Crippen LogP contribution is 2.27. The standard InChI is InChI=1S/C16H10Cl2N2OS/c17-12-2-1-10(14(18)8-12)7-13(16-19-4-5-20-16)15(21)11-3-6-22-9-11/h1-9H,(H,19,20). The van der Waals surface area contributed by atoms with Gasteiger partial charge in [-0.2, -0.15) is 11.3 Å². The molecule has 0 fully saturated rings. The number of hydrogen-bond acceptors (Lipinski definition) is 3. The Kier molecular flexibility index (Phi) is 4.43.